The number of nitrogens with two attached hydrogens (primary N) is 2. The third-order valence-electron chi connectivity index (χ3n) is 24.2. The number of nitrogen functional groups attached to an aromatic ring is 1. The van der Waals surface area contributed by atoms with Gasteiger partial charge in [-0.1, -0.05) is 159 Å². The first-order valence-electron chi connectivity index (χ1n) is 43.3. The number of carbonyl (C=O) groups excluding carboxylic acids is 1. The molecule has 7 aromatic heterocycles. The molecule has 0 atom stereocenters. The van der Waals surface area contributed by atoms with Crippen molar-refractivity contribution < 1.29 is 14.3 Å². The van der Waals surface area contributed by atoms with Crippen LogP contribution in [0.5, 0.6) is 5.75 Å². The molecule has 1 amide bonds. The Labute approximate surface area is 724 Å². The van der Waals surface area contributed by atoms with Gasteiger partial charge in [-0.3, -0.25) is 9.98 Å². The number of aliphatic imine (C=N–C) groups is 2. The SMILES string of the molecule is Brc1ccc2c(n1)CCCC2.CC1(CN)CCN(c2cnc3c(n2)CN=C3N2CCCc3nc(N)ccc32)CC1.COc1ccc(Cn2nc(N3CCCc4nc(C=C(c5ccccc5)c5ccccc5)ccc43)c3ncc(N4CCC(C)(CNC(=O)OC(C)(C)C)CC4)nc32)cc1.c1ccc(C(=Nc2ccc3c(n2)CCCC3)c2ccccc2)cc1. The van der Waals surface area contributed by atoms with Crippen LogP contribution < -0.4 is 41.1 Å². The number of nitrogens with zero attached hydrogens (tertiary/aromatic N) is 16. The van der Waals surface area contributed by atoms with E-state index in [2.05, 4.69) is 186 Å². The number of carbonyl (C=O) groups is 1. The van der Waals surface area contributed by atoms with Crippen LogP contribution in [-0.2, 0) is 56.4 Å². The van der Waals surface area contributed by atoms with E-state index in [1.807, 2.05) is 117 Å². The van der Waals surface area contributed by atoms with Crippen LogP contribution in [0.4, 0.5) is 45.3 Å². The van der Waals surface area contributed by atoms with Crippen LogP contribution in [0.1, 0.15) is 178 Å². The number of methoxy groups -OCH3 is 1. The second-order valence-electron chi connectivity index (χ2n) is 34.4. The van der Waals surface area contributed by atoms with Gasteiger partial charge in [-0.05, 0) is 245 Å². The molecule has 7 aliphatic rings. The van der Waals surface area contributed by atoms with Gasteiger partial charge < -0.3 is 45.9 Å². The molecule has 626 valence electrons. The topological polar surface area (TPSA) is 258 Å². The number of pyridine rings is 4. The van der Waals surface area contributed by atoms with Gasteiger partial charge >= 0.3 is 6.09 Å². The minimum Gasteiger partial charge on any atom is -0.497 e. The summed E-state index contributed by atoms with van der Waals surface area (Å²) in [7, 11) is 1.68. The van der Waals surface area contributed by atoms with Crippen LogP contribution in [0.25, 0.3) is 22.8 Å². The quantitative estimate of drug-likeness (QED) is 0.0636. The molecule has 0 bridgehead atoms. The van der Waals surface area contributed by atoms with E-state index in [1.54, 1.807) is 7.11 Å². The summed E-state index contributed by atoms with van der Waals surface area (Å²) in [5.41, 5.74) is 33.0. The number of rotatable bonds is 15. The zero-order chi connectivity index (χ0) is 84.2. The summed E-state index contributed by atoms with van der Waals surface area (Å²) < 4.78 is 13.9. The number of hydrogen-bond donors (Lipinski definition) is 3. The number of ether oxygens (including phenoxy) is 2. The van der Waals surface area contributed by atoms with Crippen molar-refractivity contribution >= 4 is 96.8 Å². The number of fused-ring (bicyclic) bond motifs is 6. The minimum absolute atomic E-state index is 0.0513. The van der Waals surface area contributed by atoms with Crippen molar-refractivity contribution in [1.82, 2.24) is 55.0 Å². The lowest BCUT2D eigenvalue weighted by Gasteiger charge is -2.40. The predicted octanol–water partition coefficient (Wildman–Crippen LogP) is 18.7. The van der Waals surface area contributed by atoms with Crippen LogP contribution in [0.15, 0.2) is 221 Å². The summed E-state index contributed by atoms with van der Waals surface area (Å²) in [6.45, 7) is 17.8. The van der Waals surface area contributed by atoms with E-state index in [1.165, 1.54) is 54.6 Å². The lowest BCUT2D eigenvalue weighted by atomic mass is 9.80. The lowest BCUT2D eigenvalue weighted by Crippen LogP contribution is -2.46. The molecule has 2 fully saturated rings. The summed E-state index contributed by atoms with van der Waals surface area (Å²) >= 11 is 3.38. The molecule has 19 rings (SSSR count). The molecule has 0 spiro atoms. The van der Waals surface area contributed by atoms with Crippen molar-refractivity contribution in [2.75, 3.05) is 84.8 Å². The van der Waals surface area contributed by atoms with Gasteiger partial charge in [-0.15, -0.1) is 0 Å². The van der Waals surface area contributed by atoms with Crippen molar-refractivity contribution in [2.45, 2.75) is 156 Å². The van der Waals surface area contributed by atoms with E-state index in [-0.39, 0.29) is 16.9 Å². The second kappa shape index (κ2) is 37.9. The molecule has 5 aromatic carbocycles. The van der Waals surface area contributed by atoms with Crippen molar-refractivity contribution in [2.24, 2.45) is 26.5 Å². The number of hydrogen-bond acceptors (Lipinski definition) is 20. The molecule has 23 heteroatoms. The zero-order valence-electron chi connectivity index (χ0n) is 71.0. The van der Waals surface area contributed by atoms with Crippen molar-refractivity contribution in [3.8, 4) is 5.75 Å². The molecule has 12 aromatic rings. The maximum Gasteiger partial charge on any atom is 0.407 e. The number of aryl methyl sites for hydroxylation is 6. The van der Waals surface area contributed by atoms with Gasteiger partial charge in [0.25, 0.3) is 0 Å². The number of piperidine rings is 2. The monoisotopic (exact) mass is 1690 g/mol. The largest absolute Gasteiger partial charge is 0.497 e. The Bertz CT molecular complexity index is 5640. The van der Waals surface area contributed by atoms with E-state index in [4.69, 9.17) is 65.9 Å². The van der Waals surface area contributed by atoms with Gasteiger partial charge in [-0.25, -0.2) is 49.4 Å². The van der Waals surface area contributed by atoms with Gasteiger partial charge in [0, 0.05) is 68.3 Å². The predicted molar refractivity (Wildman–Crippen MR) is 493 cm³/mol. The zero-order valence-corrected chi connectivity index (χ0v) is 72.6. The number of alkyl carbamates (subject to hydrolysis) is 1. The summed E-state index contributed by atoms with van der Waals surface area (Å²) in [5, 5.41) is 8.24. The Morgan fingerprint density at radius 2 is 1.11 bits per heavy atom. The summed E-state index contributed by atoms with van der Waals surface area (Å²) in [5.74, 6) is 5.63. The van der Waals surface area contributed by atoms with E-state index < -0.39 is 5.60 Å². The fraction of sp³-hybridized carbons (Fsp3) is 0.354. The number of aromatic nitrogens is 10. The van der Waals surface area contributed by atoms with Crippen LogP contribution in [0.2, 0.25) is 0 Å². The molecule has 122 heavy (non-hydrogen) atoms. The van der Waals surface area contributed by atoms with E-state index in [9.17, 15) is 4.79 Å². The Morgan fingerprint density at radius 3 is 1.73 bits per heavy atom. The highest BCUT2D eigenvalue weighted by atomic mass is 79.9. The van der Waals surface area contributed by atoms with E-state index in [0.717, 1.165) is 246 Å². The Balaban J connectivity index is 0.000000141. The summed E-state index contributed by atoms with van der Waals surface area (Å²) in [6, 6.07) is 66.4. The van der Waals surface area contributed by atoms with Crippen molar-refractivity contribution in [1.29, 1.82) is 0 Å². The van der Waals surface area contributed by atoms with Crippen molar-refractivity contribution in [3.05, 3.63) is 290 Å². The number of amides is 1. The second-order valence-corrected chi connectivity index (χ2v) is 35.2. The first-order chi connectivity index (χ1) is 59.4. The lowest BCUT2D eigenvalue weighted by molar-refractivity contribution is 0.0495. The van der Waals surface area contributed by atoms with E-state index in [0.29, 0.717) is 25.5 Å². The normalized spacial score (nSPS) is 16.0. The van der Waals surface area contributed by atoms with Gasteiger partial charge in [0.1, 0.15) is 39.1 Å². The van der Waals surface area contributed by atoms with Crippen LogP contribution in [0, 0.1) is 10.8 Å². The molecule has 0 radical (unpaired) electrons. The molecule has 5 N–H and O–H groups in total. The summed E-state index contributed by atoms with van der Waals surface area (Å²) in [4.78, 5) is 70.3. The molecule has 2 saturated heterocycles. The third kappa shape index (κ3) is 20.2. The molecular weight excluding hydrogens is 1580 g/mol. The molecule has 12 heterocycles. The van der Waals surface area contributed by atoms with Crippen molar-refractivity contribution in [3.63, 3.8) is 0 Å². The third-order valence-corrected chi connectivity index (χ3v) is 24.6. The highest BCUT2D eigenvalue weighted by molar-refractivity contribution is 9.10. The Hall–Kier alpha value is -12.1. The van der Waals surface area contributed by atoms with Crippen LogP contribution in [-0.4, -0.2) is 132 Å². The number of amidine groups is 1. The summed E-state index contributed by atoms with van der Waals surface area (Å²) in [6.07, 6.45) is 23.1. The van der Waals surface area contributed by atoms with E-state index >= 15 is 0 Å². The fourth-order valence-corrected chi connectivity index (χ4v) is 17.4. The molecular formula is C99H110BrN19O3. The minimum atomic E-state index is -0.531. The van der Waals surface area contributed by atoms with Gasteiger partial charge in [-0.2, -0.15) is 5.10 Å². The highest BCUT2D eigenvalue weighted by Crippen LogP contribution is 2.40. The first-order valence-corrected chi connectivity index (χ1v) is 44.1. The number of nitrogens with one attached hydrogen (secondary N) is 1. The molecule has 5 aliphatic heterocycles. The van der Waals surface area contributed by atoms with Crippen LogP contribution in [0.3, 0.4) is 0 Å². The smallest absolute Gasteiger partial charge is 0.407 e. The van der Waals surface area contributed by atoms with Gasteiger partial charge in [0.05, 0.1) is 72.5 Å². The maximum atomic E-state index is 12.4. The number of benzene rings is 5. The fourth-order valence-electron chi connectivity index (χ4n) is 17.1. The van der Waals surface area contributed by atoms with Gasteiger partial charge in [0.2, 0.25) is 0 Å². The Morgan fingerprint density at radius 1 is 0.557 bits per heavy atom. The first kappa shape index (κ1) is 83.6. The highest BCUT2D eigenvalue weighted by Gasteiger charge is 2.36. The number of anilines is 6. The van der Waals surface area contributed by atoms with Crippen LogP contribution >= 0.6 is 15.9 Å². The molecule has 0 saturated carbocycles. The molecule has 2 aliphatic carbocycles. The number of halogens is 1. The van der Waals surface area contributed by atoms with Gasteiger partial charge in [0.15, 0.2) is 28.6 Å². The molecule has 0 unspecified atom stereocenters. The maximum absolute atomic E-state index is 12.4. The standard InChI is InChI=1S/C47H52N8O3.C22H20N2.C21H28N8.C9H10BrN/c1-46(2,3)58-45(56)49-32-47(4)24-27-53(28-25-47)41-30-48-42-43(51-41)55(31-33-18-21-37(57-5)22-19-33)52-44(42)54-26-12-17-39-40(54)23-20-36(50-39)29-38(34-13-8-6-9-14-34)35-15-10-7-11-16-35;1-3-10-18(11-4-1)22(19-12-5-2-6-13-19)24-21-16-15-17-9-7-8-14-20(17)23-21;1-21(13-22)6-9-28(10-7-21)18-12-24-19-15(27-18)11-25-20(19)29-8-2-3-14-16(29)4-5-17(23)26-14;10-9-6-5-7-3-1-2-4-8(7)11-9/h6-11,13-16,18-23,29-30H,12,17,24-28,31-32H2,1-5H3,(H,49,56);1-6,10-13,15-16H,7-9,14H2;4-5,12H,2-3,6-11,13,22H2,1H3,(H2,23,26);5-6H,1-4H2. The average molecular weight is 1690 g/mol. The Kier molecular flexibility index (Phi) is 26.0. The average Bonchev–Trinajstić information content (AvgIpc) is 1.62. The molecule has 22 nitrogen and oxygen atoms in total.